The lowest BCUT2D eigenvalue weighted by Crippen LogP contribution is -2.62. The summed E-state index contributed by atoms with van der Waals surface area (Å²) in [7, 11) is 0. The van der Waals surface area contributed by atoms with E-state index in [9.17, 15) is 9.59 Å². The van der Waals surface area contributed by atoms with E-state index in [1.807, 2.05) is 45.9 Å². The van der Waals surface area contributed by atoms with Crippen molar-refractivity contribution in [1.82, 2.24) is 5.32 Å². The Morgan fingerprint density at radius 1 is 1.30 bits per heavy atom. The third-order valence-corrected chi connectivity index (χ3v) is 4.48. The molecule has 0 spiro atoms. The Hall–Kier alpha value is -1.36. The highest BCUT2D eigenvalue weighted by molar-refractivity contribution is 9.10. The monoisotopic (exact) mass is 338 g/mol. The molecule has 108 valence electrons. The maximum absolute atomic E-state index is 12.7. The van der Waals surface area contributed by atoms with Crippen molar-refractivity contribution in [2.24, 2.45) is 5.41 Å². The molecule has 1 aromatic rings. The van der Waals surface area contributed by atoms with Gasteiger partial charge in [0.15, 0.2) is 0 Å². The van der Waals surface area contributed by atoms with E-state index in [4.69, 9.17) is 0 Å². The molecule has 1 aromatic carbocycles. The van der Waals surface area contributed by atoms with Crippen LogP contribution in [0.25, 0.3) is 0 Å². The number of carbonyl (C=O) groups excluding carboxylic acids is 2. The second-order valence-electron chi connectivity index (χ2n) is 6.20. The number of hydrogen-bond donors (Lipinski definition) is 1. The Morgan fingerprint density at radius 3 is 2.55 bits per heavy atom. The molecule has 1 fully saturated rings. The second-order valence-corrected chi connectivity index (χ2v) is 6.99. The molecule has 1 aliphatic rings. The Labute approximate surface area is 127 Å². The van der Waals surface area contributed by atoms with Crippen LogP contribution < -0.4 is 10.2 Å². The molecule has 4 nitrogen and oxygen atoms in total. The van der Waals surface area contributed by atoms with Crippen molar-refractivity contribution in [3.63, 3.8) is 0 Å². The Morgan fingerprint density at radius 2 is 1.95 bits per heavy atom. The first kappa shape index (κ1) is 15.0. The van der Waals surface area contributed by atoms with Gasteiger partial charge in [-0.05, 0) is 39.9 Å². The SMILES string of the molecule is Cc1cccc(N2CC(=O)NC(C(C)(C)C)C2=O)c1Br. The third kappa shape index (κ3) is 2.73. The number of carbonyl (C=O) groups is 2. The molecule has 1 N–H and O–H groups in total. The highest BCUT2D eigenvalue weighted by Gasteiger charge is 2.40. The van der Waals surface area contributed by atoms with Gasteiger partial charge in [0.1, 0.15) is 12.6 Å². The van der Waals surface area contributed by atoms with Crippen molar-refractivity contribution in [1.29, 1.82) is 0 Å². The molecule has 1 unspecified atom stereocenters. The van der Waals surface area contributed by atoms with E-state index in [1.54, 1.807) is 4.90 Å². The van der Waals surface area contributed by atoms with Crippen LogP contribution in [0.4, 0.5) is 5.69 Å². The fraction of sp³-hybridized carbons (Fsp3) is 0.467. The highest BCUT2D eigenvalue weighted by atomic mass is 79.9. The van der Waals surface area contributed by atoms with Gasteiger partial charge >= 0.3 is 0 Å². The first-order valence-electron chi connectivity index (χ1n) is 6.57. The summed E-state index contributed by atoms with van der Waals surface area (Å²) in [4.78, 5) is 26.2. The van der Waals surface area contributed by atoms with E-state index in [1.165, 1.54) is 0 Å². The van der Waals surface area contributed by atoms with Gasteiger partial charge in [-0.25, -0.2) is 0 Å². The van der Waals surface area contributed by atoms with Crippen LogP contribution in [-0.2, 0) is 9.59 Å². The van der Waals surface area contributed by atoms with Crippen LogP contribution in [0.15, 0.2) is 22.7 Å². The minimum absolute atomic E-state index is 0.0630. The van der Waals surface area contributed by atoms with Gasteiger partial charge in [0, 0.05) is 4.47 Å². The van der Waals surface area contributed by atoms with Crippen LogP contribution in [0.2, 0.25) is 0 Å². The standard InChI is InChI=1S/C15H19BrN2O2/c1-9-6-5-7-10(12(9)16)18-8-11(19)17-13(14(18)20)15(2,3)4/h5-7,13H,8H2,1-4H3,(H,17,19). The number of nitrogens with zero attached hydrogens (tertiary/aromatic N) is 1. The molecule has 0 aromatic heterocycles. The van der Waals surface area contributed by atoms with Crippen LogP contribution in [-0.4, -0.2) is 24.4 Å². The van der Waals surface area contributed by atoms with Crippen LogP contribution in [0.1, 0.15) is 26.3 Å². The molecule has 0 aliphatic carbocycles. The van der Waals surface area contributed by atoms with E-state index in [2.05, 4.69) is 21.2 Å². The zero-order chi connectivity index (χ0) is 15.1. The minimum atomic E-state index is -0.504. The van der Waals surface area contributed by atoms with Crippen molar-refractivity contribution in [2.75, 3.05) is 11.4 Å². The van der Waals surface area contributed by atoms with Crippen molar-refractivity contribution in [3.8, 4) is 0 Å². The van der Waals surface area contributed by atoms with Crippen molar-refractivity contribution >= 4 is 33.4 Å². The van der Waals surface area contributed by atoms with Crippen molar-refractivity contribution in [2.45, 2.75) is 33.7 Å². The molecule has 0 bridgehead atoms. The maximum Gasteiger partial charge on any atom is 0.250 e. The first-order valence-corrected chi connectivity index (χ1v) is 7.37. The summed E-state index contributed by atoms with van der Waals surface area (Å²) in [6.07, 6.45) is 0. The van der Waals surface area contributed by atoms with Gasteiger partial charge < -0.3 is 10.2 Å². The van der Waals surface area contributed by atoms with Crippen LogP contribution in [0.3, 0.4) is 0 Å². The average Bonchev–Trinajstić information content (AvgIpc) is 2.34. The Bertz CT molecular complexity index is 563. The van der Waals surface area contributed by atoms with E-state index in [0.29, 0.717) is 0 Å². The zero-order valence-corrected chi connectivity index (χ0v) is 13.7. The Balaban J connectivity index is 2.43. The van der Waals surface area contributed by atoms with E-state index in [-0.39, 0.29) is 23.8 Å². The maximum atomic E-state index is 12.7. The van der Waals surface area contributed by atoms with E-state index in [0.717, 1.165) is 15.7 Å². The lowest BCUT2D eigenvalue weighted by Gasteiger charge is -2.39. The van der Waals surface area contributed by atoms with E-state index < -0.39 is 6.04 Å². The van der Waals surface area contributed by atoms with Crippen LogP contribution in [0.5, 0.6) is 0 Å². The molecule has 20 heavy (non-hydrogen) atoms. The largest absolute Gasteiger partial charge is 0.342 e. The summed E-state index contributed by atoms with van der Waals surface area (Å²) in [6.45, 7) is 7.87. The summed E-state index contributed by atoms with van der Waals surface area (Å²) >= 11 is 3.51. The number of halogens is 1. The molecule has 1 heterocycles. The summed E-state index contributed by atoms with van der Waals surface area (Å²) in [5.74, 6) is -0.193. The average molecular weight is 339 g/mol. The van der Waals surface area contributed by atoms with Crippen molar-refractivity contribution in [3.05, 3.63) is 28.2 Å². The van der Waals surface area contributed by atoms with Gasteiger partial charge in [0.05, 0.1) is 5.69 Å². The molecule has 1 saturated heterocycles. The number of hydrogen-bond acceptors (Lipinski definition) is 2. The molecule has 1 aliphatic heterocycles. The molecular weight excluding hydrogens is 320 g/mol. The van der Waals surface area contributed by atoms with Gasteiger partial charge in [0.25, 0.3) is 5.91 Å². The fourth-order valence-corrected chi connectivity index (χ4v) is 2.76. The van der Waals surface area contributed by atoms with Gasteiger partial charge in [-0.1, -0.05) is 32.9 Å². The lowest BCUT2D eigenvalue weighted by atomic mass is 9.84. The van der Waals surface area contributed by atoms with Crippen LogP contribution in [0, 0.1) is 12.3 Å². The summed E-state index contributed by atoms with van der Waals surface area (Å²) in [5, 5.41) is 2.79. The number of anilines is 1. The van der Waals surface area contributed by atoms with Gasteiger partial charge in [-0.2, -0.15) is 0 Å². The summed E-state index contributed by atoms with van der Waals surface area (Å²) in [6, 6.07) is 5.20. The number of aryl methyl sites for hydroxylation is 1. The molecule has 2 amide bonds. The molecule has 1 atom stereocenters. The molecule has 5 heteroatoms. The first-order chi connectivity index (χ1) is 9.21. The number of rotatable bonds is 1. The zero-order valence-electron chi connectivity index (χ0n) is 12.2. The predicted molar refractivity (Wildman–Crippen MR) is 82.6 cm³/mol. The fourth-order valence-electron chi connectivity index (χ4n) is 2.28. The highest BCUT2D eigenvalue weighted by Crippen LogP contribution is 2.32. The number of benzene rings is 1. The quantitative estimate of drug-likeness (QED) is 0.855. The lowest BCUT2D eigenvalue weighted by molar-refractivity contribution is -0.133. The molecular formula is C15H19BrN2O2. The molecule has 2 rings (SSSR count). The predicted octanol–water partition coefficient (Wildman–Crippen LogP) is 2.64. The number of piperazine rings is 1. The summed E-state index contributed by atoms with van der Waals surface area (Å²) < 4.78 is 0.857. The van der Waals surface area contributed by atoms with E-state index >= 15 is 0 Å². The Kier molecular flexibility index (Phi) is 3.91. The molecule has 0 saturated carbocycles. The molecule has 0 radical (unpaired) electrons. The normalized spacial score (nSPS) is 20.1. The topological polar surface area (TPSA) is 49.4 Å². The van der Waals surface area contributed by atoms with Gasteiger partial charge in [-0.3, -0.25) is 9.59 Å². The van der Waals surface area contributed by atoms with Gasteiger partial charge in [-0.15, -0.1) is 0 Å². The summed E-state index contributed by atoms with van der Waals surface area (Å²) in [5.41, 5.74) is 1.47. The van der Waals surface area contributed by atoms with Gasteiger partial charge in [0.2, 0.25) is 5.91 Å². The minimum Gasteiger partial charge on any atom is -0.342 e. The van der Waals surface area contributed by atoms with Crippen molar-refractivity contribution < 1.29 is 9.59 Å². The smallest absolute Gasteiger partial charge is 0.250 e. The number of nitrogens with one attached hydrogen (secondary N) is 1. The third-order valence-electron chi connectivity index (χ3n) is 3.45. The number of amides is 2. The van der Waals surface area contributed by atoms with Crippen LogP contribution >= 0.6 is 15.9 Å². The second kappa shape index (κ2) is 5.20.